The van der Waals surface area contributed by atoms with Gasteiger partial charge in [-0.25, -0.2) is 4.52 Å². The van der Waals surface area contributed by atoms with Gasteiger partial charge in [-0.2, -0.15) is 5.10 Å². The molecule has 0 radical (unpaired) electrons. The predicted octanol–water partition coefficient (Wildman–Crippen LogP) is 4.40. The van der Waals surface area contributed by atoms with Crippen LogP contribution in [-0.4, -0.2) is 19.6 Å². The van der Waals surface area contributed by atoms with Gasteiger partial charge >= 0.3 is 0 Å². The highest BCUT2D eigenvalue weighted by molar-refractivity contribution is 5.77. The molecular weight excluding hydrogens is 284 g/mol. The van der Waals surface area contributed by atoms with Crippen molar-refractivity contribution in [3.05, 3.63) is 72.4 Å². The van der Waals surface area contributed by atoms with Crippen LogP contribution < -0.4 is 0 Å². The fourth-order valence-electron chi connectivity index (χ4n) is 2.48. The van der Waals surface area contributed by atoms with Gasteiger partial charge in [-0.1, -0.05) is 19.9 Å². The van der Waals surface area contributed by atoms with Crippen molar-refractivity contribution in [3.8, 4) is 0 Å². The molecule has 0 spiro atoms. The van der Waals surface area contributed by atoms with Gasteiger partial charge in [0, 0.05) is 29.5 Å². The summed E-state index contributed by atoms with van der Waals surface area (Å²) in [6.07, 6.45) is 9.32. The fourth-order valence-corrected chi connectivity index (χ4v) is 2.48. The molecule has 0 aliphatic heterocycles. The molecule has 0 aliphatic rings. The zero-order valence-electron chi connectivity index (χ0n) is 13.6. The van der Waals surface area contributed by atoms with E-state index in [0.717, 1.165) is 10.9 Å². The topological polar surface area (TPSA) is 43.1 Å². The summed E-state index contributed by atoms with van der Waals surface area (Å²) in [6, 6.07) is 10.2. The Hall–Kier alpha value is -2.75. The van der Waals surface area contributed by atoms with Crippen molar-refractivity contribution in [1.82, 2.24) is 19.6 Å². The number of aryl methyl sites for hydroxylation is 1. The molecule has 4 heterocycles. The number of nitrogens with zero attached hydrogens (tertiary/aromatic N) is 4. The average molecular weight is 304 g/mol. The molecule has 0 unspecified atom stereocenters. The van der Waals surface area contributed by atoms with Crippen LogP contribution in [0.15, 0.2) is 61.3 Å². The molecule has 0 bridgehead atoms. The SMILES string of the molecule is CC(C)c1cnn2ccccc12.Cc1cnc2cnccc2c1. The monoisotopic (exact) mass is 304 g/mol. The van der Waals surface area contributed by atoms with Crippen LogP contribution >= 0.6 is 0 Å². The number of pyridine rings is 3. The first-order valence-corrected chi connectivity index (χ1v) is 7.74. The maximum atomic E-state index is 4.26. The molecule has 4 heteroatoms. The van der Waals surface area contributed by atoms with Gasteiger partial charge in [-0.15, -0.1) is 0 Å². The zero-order valence-corrected chi connectivity index (χ0v) is 13.6. The third-order valence-electron chi connectivity index (χ3n) is 3.70. The van der Waals surface area contributed by atoms with E-state index in [0.29, 0.717) is 5.92 Å². The zero-order chi connectivity index (χ0) is 16.2. The van der Waals surface area contributed by atoms with Gasteiger partial charge in [0.05, 0.1) is 23.4 Å². The van der Waals surface area contributed by atoms with Gasteiger partial charge in [0.1, 0.15) is 0 Å². The highest BCUT2D eigenvalue weighted by Gasteiger charge is 2.05. The predicted molar refractivity (Wildman–Crippen MR) is 93.6 cm³/mol. The van der Waals surface area contributed by atoms with Crippen LogP contribution in [0.2, 0.25) is 0 Å². The number of aromatic nitrogens is 4. The van der Waals surface area contributed by atoms with Crippen LogP contribution in [0.3, 0.4) is 0 Å². The number of rotatable bonds is 1. The van der Waals surface area contributed by atoms with Gasteiger partial charge in [0.15, 0.2) is 0 Å². The molecule has 23 heavy (non-hydrogen) atoms. The summed E-state index contributed by atoms with van der Waals surface area (Å²) in [4.78, 5) is 8.20. The summed E-state index contributed by atoms with van der Waals surface area (Å²) >= 11 is 0. The van der Waals surface area contributed by atoms with Crippen molar-refractivity contribution < 1.29 is 0 Å². The number of fused-ring (bicyclic) bond motifs is 2. The fraction of sp³-hybridized carbons (Fsp3) is 0.211. The first-order chi connectivity index (χ1) is 11.1. The minimum Gasteiger partial charge on any atom is -0.262 e. The Morgan fingerprint density at radius 1 is 1.04 bits per heavy atom. The van der Waals surface area contributed by atoms with E-state index in [1.807, 2.05) is 48.2 Å². The Morgan fingerprint density at radius 2 is 1.91 bits per heavy atom. The van der Waals surface area contributed by atoms with Crippen LogP contribution in [0.5, 0.6) is 0 Å². The van der Waals surface area contributed by atoms with Crippen LogP contribution in [0.1, 0.15) is 30.9 Å². The maximum absolute atomic E-state index is 4.26. The van der Waals surface area contributed by atoms with E-state index in [-0.39, 0.29) is 0 Å². The quantitative estimate of drug-likeness (QED) is 0.523. The van der Waals surface area contributed by atoms with Gasteiger partial charge in [0.25, 0.3) is 0 Å². The third-order valence-corrected chi connectivity index (χ3v) is 3.70. The van der Waals surface area contributed by atoms with Crippen LogP contribution in [-0.2, 0) is 0 Å². The van der Waals surface area contributed by atoms with E-state index in [1.165, 1.54) is 16.6 Å². The van der Waals surface area contributed by atoms with Crippen molar-refractivity contribution in [3.63, 3.8) is 0 Å². The van der Waals surface area contributed by atoms with Gasteiger partial charge in [-0.05, 0) is 42.7 Å². The highest BCUT2D eigenvalue weighted by atomic mass is 15.2. The van der Waals surface area contributed by atoms with E-state index in [1.54, 1.807) is 12.4 Å². The Bertz CT molecular complexity index is 925. The van der Waals surface area contributed by atoms with Gasteiger partial charge in [0.2, 0.25) is 0 Å². The molecule has 0 amide bonds. The van der Waals surface area contributed by atoms with Crippen LogP contribution in [0, 0.1) is 6.92 Å². The van der Waals surface area contributed by atoms with Crippen molar-refractivity contribution in [2.75, 3.05) is 0 Å². The van der Waals surface area contributed by atoms with Crippen molar-refractivity contribution in [2.45, 2.75) is 26.7 Å². The molecule has 0 aromatic carbocycles. The number of hydrogen-bond acceptors (Lipinski definition) is 3. The molecule has 4 rings (SSSR count). The molecule has 4 nitrogen and oxygen atoms in total. The van der Waals surface area contributed by atoms with Crippen LogP contribution in [0.25, 0.3) is 16.4 Å². The van der Waals surface area contributed by atoms with E-state index < -0.39 is 0 Å². The van der Waals surface area contributed by atoms with Crippen molar-refractivity contribution in [2.24, 2.45) is 0 Å². The van der Waals surface area contributed by atoms with Crippen molar-refractivity contribution in [1.29, 1.82) is 0 Å². The number of hydrogen-bond donors (Lipinski definition) is 0. The molecule has 116 valence electrons. The smallest absolute Gasteiger partial charge is 0.0885 e. The molecular formula is C19H20N4. The van der Waals surface area contributed by atoms with E-state index in [2.05, 4.69) is 41.0 Å². The summed E-state index contributed by atoms with van der Waals surface area (Å²) in [6.45, 7) is 6.40. The summed E-state index contributed by atoms with van der Waals surface area (Å²) in [5.41, 5.74) is 4.67. The lowest BCUT2D eigenvalue weighted by atomic mass is 10.1. The molecule has 0 aliphatic carbocycles. The molecule has 0 saturated heterocycles. The minimum absolute atomic E-state index is 0.546. The Labute approximate surface area is 135 Å². The Balaban J connectivity index is 0.000000136. The van der Waals surface area contributed by atoms with E-state index in [4.69, 9.17) is 0 Å². The molecule has 0 fully saturated rings. The minimum atomic E-state index is 0.546. The van der Waals surface area contributed by atoms with Crippen LogP contribution in [0.4, 0.5) is 0 Å². The average Bonchev–Trinajstić information content (AvgIpc) is 2.99. The van der Waals surface area contributed by atoms with Gasteiger partial charge in [-0.3, -0.25) is 9.97 Å². The maximum Gasteiger partial charge on any atom is 0.0885 e. The summed E-state index contributed by atoms with van der Waals surface area (Å²) in [5, 5.41) is 5.41. The van der Waals surface area contributed by atoms with E-state index in [9.17, 15) is 0 Å². The van der Waals surface area contributed by atoms with Gasteiger partial charge < -0.3 is 0 Å². The first-order valence-electron chi connectivity index (χ1n) is 7.74. The molecule has 4 aromatic heterocycles. The second kappa shape index (κ2) is 6.57. The summed E-state index contributed by atoms with van der Waals surface area (Å²) < 4.78 is 1.91. The molecule has 0 atom stereocenters. The van der Waals surface area contributed by atoms with Crippen molar-refractivity contribution >= 4 is 16.4 Å². The second-order valence-corrected chi connectivity index (χ2v) is 5.87. The molecule has 0 saturated carbocycles. The first kappa shape index (κ1) is 15.2. The largest absolute Gasteiger partial charge is 0.262 e. The lowest BCUT2D eigenvalue weighted by molar-refractivity contribution is 0.875. The Kier molecular flexibility index (Phi) is 4.33. The summed E-state index contributed by atoms with van der Waals surface area (Å²) in [5.74, 6) is 0.546. The Morgan fingerprint density at radius 3 is 2.74 bits per heavy atom. The normalized spacial score (nSPS) is 10.8. The summed E-state index contributed by atoms with van der Waals surface area (Å²) in [7, 11) is 0. The molecule has 0 N–H and O–H groups in total. The lowest BCUT2D eigenvalue weighted by Crippen LogP contribution is -1.87. The van der Waals surface area contributed by atoms with E-state index >= 15 is 0 Å². The standard InChI is InChI=1S/C10H12N2.C9H8N2/c1-8(2)9-7-11-12-6-4-3-5-10(9)12;1-7-4-8-2-3-10-6-9(8)11-5-7/h3-8H,1-2H3;2-6H,1H3. The third kappa shape index (κ3) is 3.37. The highest BCUT2D eigenvalue weighted by Crippen LogP contribution is 2.19. The lowest BCUT2D eigenvalue weighted by Gasteiger charge is -2.00. The second-order valence-electron chi connectivity index (χ2n) is 5.87. The molecule has 4 aromatic rings.